The number of likely N-dealkylation sites (N-methyl/N-ethyl adjacent to an activating group) is 1. The lowest BCUT2D eigenvalue weighted by molar-refractivity contribution is -0.128. The molecule has 3 aliphatic heterocycles. The predicted octanol–water partition coefficient (Wildman–Crippen LogP) is 0.406. The summed E-state index contributed by atoms with van der Waals surface area (Å²) in [5.41, 5.74) is 0. The van der Waals surface area contributed by atoms with Gasteiger partial charge in [-0.3, -0.25) is 14.6 Å². The summed E-state index contributed by atoms with van der Waals surface area (Å²) in [4.78, 5) is 27.4. The zero-order valence-electron chi connectivity index (χ0n) is 12.8. The Bertz CT molecular complexity index is 548. The molecule has 7 heteroatoms. The SMILES string of the molecule is CCN1CCN(CCN2C(=O)C3C=CC=NC3=NC2=S)CC1. The van der Waals surface area contributed by atoms with Gasteiger partial charge in [-0.05, 0) is 24.8 Å². The first-order valence-electron chi connectivity index (χ1n) is 7.78. The van der Waals surface area contributed by atoms with Gasteiger partial charge in [-0.15, -0.1) is 0 Å². The van der Waals surface area contributed by atoms with Crippen LogP contribution in [-0.2, 0) is 4.79 Å². The fraction of sp³-hybridized carbons (Fsp3) is 0.600. The van der Waals surface area contributed by atoms with E-state index in [-0.39, 0.29) is 11.8 Å². The van der Waals surface area contributed by atoms with Crippen LogP contribution in [0.25, 0.3) is 0 Å². The first-order chi connectivity index (χ1) is 10.7. The Labute approximate surface area is 136 Å². The molecular formula is C15H21N5OS. The molecular weight excluding hydrogens is 298 g/mol. The van der Waals surface area contributed by atoms with Crippen molar-refractivity contribution >= 4 is 35.3 Å². The number of dihydropyridines is 1. The van der Waals surface area contributed by atoms with Gasteiger partial charge in [-0.2, -0.15) is 0 Å². The normalized spacial score (nSPS) is 26.3. The van der Waals surface area contributed by atoms with Crippen LogP contribution in [-0.4, -0.2) is 83.6 Å². The van der Waals surface area contributed by atoms with Crippen molar-refractivity contribution in [2.75, 3.05) is 45.8 Å². The number of carbonyl (C=O) groups is 1. The Morgan fingerprint density at radius 3 is 2.68 bits per heavy atom. The molecule has 118 valence electrons. The van der Waals surface area contributed by atoms with Gasteiger partial charge in [0.25, 0.3) is 0 Å². The highest BCUT2D eigenvalue weighted by atomic mass is 32.1. The Morgan fingerprint density at radius 2 is 1.95 bits per heavy atom. The number of fused-ring (bicyclic) bond motifs is 1. The number of amides is 1. The molecule has 0 saturated carbocycles. The monoisotopic (exact) mass is 319 g/mol. The molecule has 3 heterocycles. The van der Waals surface area contributed by atoms with Gasteiger partial charge in [0, 0.05) is 45.5 Å². The van der Waals surface area contributed by atoms with Gasteiger partial charge >= 0.3 is 0 Å². The van der Waals surface area contributed by atoms with Gasteiger partial charge in [-0.1, -0.05) is 13.0 Å². The molecule has 1 atom stereocenters. The second-order valence-corrected chi connectivity index (χ2v) is 6.02. The minimum absolute atomic E-state index is 0.00436. The van der Waals surface area contributed by atoms with Crippen molar-refractivity contribution in [3.05, 3.63) is 12.2 Å². The molecule has 3 aliphatic rings. The smallest absolute Gasteiger partial charge is 0.243 e. The average molecular weight is 319 g/mol. The molecule has 22 heavy (non-hydrogen) atoms. The number of piperazine rings is 1. The average Bonchev–Trinajstić information content (AvgIpc) is 2.55. The molecule has 1 fully saturated rings. The van der Waals surface area contributed by atoms with Crippen molar-refractivity contribution in [3.63, 3.8) is 0 Å². The molecule has 0 aromatic rings. The number of amidine groups is 1. The molecule has 3 rings (SSSR count). The van der Waals surface area contributed by atoms with Crippen LogP contribution in [0.15, 0.2) is 22.1 Å². The Kier molecular flexibility index (Phi) is 4.75. The molecule has 0 bridgehead atoms. The lowest BCUT2D eigenvalue weighted by atomic mass is 10.0. The molecule has 0 aromatic carbocycles. The van der Waals surface area contributed by atoms with Crippen molar-refractivity contribution in [2.45, 2.75) is 6.92 Å². The molecule has 1 unspecified atom stereocenters. The number of aliphatic imine (C=N–C) groups is 2. The third-order valence-electron chi connectivity index (χ3n) is 4.40. The van der Waals surface area contributed by atoms with E-state index in [0.29, 0.717) is 17.5 Å². The third kappa shape index (κ3) is 3.16. The third-order valence-corrected chi connectivity index (χ3v) is 4.71. The van der Waals surface area contributed by atoms with Crippen molar-refractivity contribution in [2.24, 2.45) is 15.9 Å². The second-order valence-electron chi connectivity index (χ2n) is 5.66. The topological polar surface area (TPSA) is 51.5 Å². The highest BCUT2D eigenvalue weighted by Gasteiger charge is 2.34. The van der Waals surface area contributed by atoms with Gasteiger partial charge in [0.2, 0.25) is 11.0 Å². The maximum absolute atomic E-state index is 12.5. The van der Waals surface area contributed by atoms with E-state index in [4.69, 9.17) is 12.2 Å². The van der Waals surface area contributed by atoms with Crippen molar-refractivity contribution < 1.29 is 4.79 Å². The van der Waals surface area contributed by atoms with E-state index in [1.54, 1.807) is 17.2 Å². The Morgan fingerprint density at radius 1 is 1.23 bits per heavy atom. The maximum atomic E-state index is 12.5. The fourth-order valence-electron chi connectivity index (χ4n) is 2.93. The summed E-state index contributed by atoms with van der Waals surface area (Å²) in [7, 11) is 0. The van der Waals surface area contributed by atoms with E-state index >= 15 is 0 Å². The summed E-state index contributed by atoms with van der Waals surface area (Å²) in [6.45, 7) is 9.03. The number of hydrogen-bond acceptors (Lipinski definition) is 5. The lowest BCUT2D eigenvalue weighted by Crippen LogP contribution is -2.51. The summed E-state index contributed by atoms with van der Waals surface area (Å²) in [6, 6.07) is 0. The zero-order chi connectivity index (χ0) is 15.5. The number of hydrogen-bond donors (Lipinski definition) is 0. The van der Waals surface area contributed by atoms with Crippen molar-refractivity contribution in [3.8, 4) is 0 Å². The van der Waals surface area contributed by atoms with Crippen LogP contribution >= 0.6 is 12.2 Å². The predicted molar refractivity (Wildman–Crippen MR) is 91.4 cm³/mol. The van der Waals surface area contributed by atoms with Crippen LogP contribution in [0.4, 0.5) is 0 Å². The van der Waals surface area contributed by atoms with E-state index in [0.717, 1.165) is 39.3 Å². The maximum Gasteiger partial charge on any atom is 0.243 e. The lowest BCUT2D eigenvalue weighted by Gasteiger charge is -2.36. The fourth-order valence-corrected chi connectivity index (χ4v) is 3.21. The van der Waals surface area contributed by atoms with Gasteiger partial charge in [0.05, 0.1) is 0 Å². The molecule has 0 radical (unpaired) electrons. The molecule has 1 saturated heterocycles. The second kappa shape index (κ2) is 6.76. The van der Waals surface area contributed by atoms with Crippen molar-refractivity contribution in [1.29, 1.82) is 0 Å². The van der Waals surface area contributed by atoms with E-state index in [1.807, 2.05) is 6.08 Å². The minimum Gasteiger partial charge on any atom is -0.301 e. The molecule has 0 N–H and O–H groups in total. The number of thiocarbonyl (C=S) groups is 1. The van der Waals surface area contributed by atoms with E-state index < -0.39 is 0 Å². The quantitative estimate of drug-likeness (QED) is 0.704. The Balaban J connectivity index is 1.58. The summed E-state index contributed by atoms with van der Waals surface area (Å²) in [6.07, 6.45) is 5.27. The molecule has 0 aromatic heterocycles. The molecule has 1 amide bonds. The molecule has 0 spiro atoms. The van der Waals surface area contributed by atoms with Gasteiger partial charge < -0.3 is 4.90 Å². The summed E-state index contributed by atoms with van der Waals surface area (Å²) in [5, 5.41) is 0.343. The van der Waals surface area contributed by atoms with Gasteiger partial charge in [-0.25, -0.2) is 9.98 Å². The van der Waals surface area contributed by atoms with E-state index in [9.17, 15) is 4.79 Å². The summed E-state index contributed by atoms with van der Waals surface area (Å²) < 4.78 is 0. The number of nitrogens with zero attached hydrogens (tertiary/aromatic N) is 5. The molecule has 6 nitrogen and oxygen atoms in total. The highest BCUT2D eigenvalue weighted by molar-refractivity contribution is 7.80. The number of carbonyl (C=O) groups excluding carboxylic acids is 1. The van der Waals surface area contributed by atoms with Crippen LogP contribution in [0.3, 0.4) is 0 Å². The minimum atomic E-state index is -0.367. The van der Waals surface area contributed by atoms with Crippen LogP contribution in [0.1, 0.15) is 6.92 Å². The van der Waals surface area contributed by atoms with Gasteiger partial charge in [0.1, 0.15) is 11.8 Å². The largest absolute Gasteiger partial charge is 0.301 e. The first kappa shape index (κ1) is 15.5. The number of rotatable bonds is 4. The van der Waals surface area contributed by atoms with E-state index in [2.05, 4.69) is 26.7 Å². The zero-order valence-corrected chi connectivity index (χ0v) is 13.6. The van der Waals surface area contributed by atoms with Crippen LogP contribution in [0.5, 0.6) is 0 Å². The molecule has 0 aliphatic carbocycles. The highest BCUT2D eigenvalue weighted by Crippen LogP contribution is 2.18. The standard InChI is InChI=1S/C15H21N5OS/c1-2-18-6-8-19(9-7-18)10-11-20-14(21)12-4-3-5-16-13(12)17-15(20)22/h3-5,12H,2,6-11H2,1H3. The number of allylic oxidation sites excluding steroid dienone is 1. The van der Waals surface area contributed by atoms with Crippen LogP contribution < -0.4 is 0 Å². The van der Waals surface area contributed by atoms with Crippen LogP contribution in [0.2, 0.25) is 0 Å². The van der Waals surface area contributed by atoms with Crippen molar-refractivity contribution in [1.82, 2.24) is 14.7 Å². The first-order valence-corrected chi connectivity index (χ1v) is 8.19. The Hall–Kier alpha value is -1.44. The van der Waals surface area contributed by atoms with Gasteiger partial charge in [0.15, 0.2) is 0 Å². The van der Waals surface area contributed by atoms with Crippen LogP contribution in [0, 0.1) is 5.92 Å². The summed E-state index contributed by atoms with van der Waals surface area (Å²) in [5.74, 6) is 0.147. The summed E-state index contributed by atoms with van der Waals surface area (Å²) >= 11 is 5.27. The van der Waals surface area contributed by atoms with E-state index in [1.165, 1.54) is 0 Å².